The van der Waals surface area contributed by atoms with Gasteiger partial charge in [0.1, 0.15) is 11.5 Å². The second-order valence-electron chi connectivity index (χ2n) is 10.2. The van der Waals surface area contributed by atoms with Crippen molar-refractivity contribution in [3.63, 3.8) is 0 Å². The van der Waals surface area contributed by atoms with Crippen LogP contribution in [-0.2, 0) is 10.0 Å². The summed E-state index contributed by atoms with van der Waals surface area (Å²) >= 11 is 0. The molecule has 39 heavy (non-hydrogen) atoms. The number of aliphatic hydroxyl groups excluding tert-OH is 1. The van der Waals surface area contributed by atoms with Crippen LogP contribution in [0.25, 0.3) is 17.1 Å². The van der Waals surface area contributed by atoms with Crippen LogP contribution >= 0.6 is 0 Å². The number of aryl methyl sites for hydroxylation is 1. The van der Waals surface area contributed by atoms with Crippen LogP contribution in [0.4, 0.5) is 26.0 Å². The molecule has 210 valence electrons. The molecule has 0 radical (unpaired) electrons. The summed E-state index contributed by atoms with van der Waals surface area (Å²) in [5.74, 6) is -2.37. The Labute approximate surface area is 226 Å². The van der Waals surface area contributed by atoms with Crippen LogP contribution in [0.5, 0.6) is 0 Å². The SMILES string of the molecule is Cc1cc(-c2cn(-c3ccc(NS(=O)(=O)CCO)cc3N3CCCCC3)nn2)nc(N2CCC(F)(F)CC2)c1. The van der Waals surface area contributed by atoms with E-state index in [0.29, 0.717) is 22.9 Å². The Morgan fingerprint density at radius 1 is 0.974 bits per heavy atom. The fraction of sp³-hybridized carbons (Fsp3) is 0.500. The zero-order valence-electron chi connectivity index (χ0n) is 21.9. The van der Waals surface area contributed by atoms with Gasteiger partial charge in [-0.1, -0.05) is 5.21 Å². The van der Waals surface area contributed by atoms with E-state index in [1.807, 2.05) is 24.0 Å². The zero-order valence-corrected chi connectivity index (χ0v) is 22.7. The number of benzene rings is 1. The summed E-state index contributed by atoms with van der Waals surface area (Å²) in [4.78, 5) is 8.81. The summed E-state index contributed by atoms with van der Waals surface area (Å²) in [6.07, 6.45) is 4.58. The van der Waals surface area contributed by atoms with Crippen molar-refractivity contribution in [1.29, 1.82) is 0 Å². The van der Waals surface area contributed by atoms with Gasteiger partial charge in [-0.15, -0.1) is 5.10 Å². The molecule has 0 atom stereocenters. The highest BCUT2D eigenvalue weighted by atomic mass is 32.2. The van der Waals surface area contributed by atoms with Gasteiger partial charge in [-0.3, -0.25) is 4.72 Å². The van der Waals surface area contributed by atoms with Crippen molar-refractivity contribution in [2.45, 2.75) is 45.0 Å². The zero-order chi connectivity index (χ0) is 27.6. The van der Waals surface area contributed by atoms with Gasteiger partial charge in [0, 0.05) is 39.0 Å². The molecule has 0 aliphatic carbocycles. The number of sulfonamides is 1. The maximum Gasteiger partial charge on any atom is 0.251 e. The third-order valence-corrected chi connectivity index (χ3v) is 8.35. The van der Waals surface area contributed by atoms with Crippen LogP contribution in [0.3, 0.4) is 0 Å². The molecule has 13 heteroatoms. The molecule has 0 bridgehead atoms. The lowest BCUT2D eigenvalue weighted by Gasteiger charge is -2.32. The van der Waals surface area contributed by atoms with E-state index in [0.717, 1.165) is 49.3 Å². The summed E-state index contributed by atoms with van der Waals surface area (Å²) in [6.45, 7) is 3.61. The number of hydrogen-bond donors (Lipinski definition) is 2. The average Bonchev–Trinajstić information content (AvgIpc) is 3.39. The first-order valence-corrected chi connectivity index (χ1v) is 14.8. The highest BCUT2D eigenvalue weighted by Crippen LogP contribution is 2.33. The number of anilines is 3. The normalized spacial score (nSPS) is 17.8. The highest BCUT2D eigenvalue weighted by Gasteiger charge is 2.34. The molecular weight excluding hydrogens is 528 g/mol. The Morgan fingerprint density at radius 2 is 1.72 bits per heavy atom. The molecule has 2 aromatic heterocycles. The summed E-state index contributed by atoms with van der Waals surface area (Å²) < 4.78 is 56.0. The highest BCUT2D eigenvalue weighted by molar-refractivity contribution is 7.92. The minimum Gasteiger partial charge on any atom is -0.395 e. The first kappa shape index (κ1) is 27.3. The number of piperidine rings is 2. The van der Waals surface area contributed by atoms with Gasteiger partial charge in [-0.05, 0) is 62.1 Å². The van der Waals surface area contributed by atoms with Gasteiger partial charge in [-0.2, -0.15) is 0 Å². The van der Waals surface area contributed by atoms with E-state index in [9.17, 15) is 17.2 Å². The molecule has 2 saturated heterocycles. The van der Waals surface area contributed by atoms with Crippen molar-refractivity contribution in [1.82, 2.24) is 20.0 Å². The number of pyridine rings is 1. The Bertz CT molecular complexity index is 1410. The van der Waals surface area contributed by atoms with Crippen molar-refractivity contribution in [3.05, 3.63) is 42.1 Å². The second-order valence-corrected chi connectivity index (χ2v) is 12.0. The van der Waals surface area contributed by atoms with Crippen LogP contribution in [0.15, 0.2) is 36.5 Å². The summed E-state index contributed by atoms with van der Waals surface area (Å²) in [7, 11) is -3.67. The molecule has 2 aliphatic rings. The van der Waals surface area contributed by atoms with Crippen LogP contribution < -0.4 is 14.5 Å². The van der Waals surface area contributed by atoms with E-state index in [1.165, 1.54) is 0 Å². The first-order valence-electron chi connectivity index (χ1n) is 13.2. The Balaban J connectivity index is 1.45. The molecule has 1 aromatic carbocycles. The fourth-order valence-corrected chi connectivity index (χ4v) is 5.85. The molecule has 2 aliphatic heterocycles. The number of alkyl halides is 2. The van der Waals surface area contributed by atoms with Gasteiger partial charge < -0.3 is 14.9 Å². The molecule has 0 spiro atoms. The summed E-state index contributed by atoms with van der Waals surface area (Å²) in [5.41, 5.74) is 4.05. The maximum absolute atomic E-state index is 13.7. The quantitative estimate of drug-likeness (QED) is 0.429. The lowest BCUT2D eigenvalue weighted by atomic mass is 10.1. The molecule has 0 saturated carbocycles. The minimum atomic E-state index is -3.67. The van der Waals surface area contributed by atoms with Gasteiger partial charge in [0.25, 0.3) is 5.92 Å². The van der Waals surface area contributed by atoms with Gasteiger partial charge >= 0.3 is 0 Å². The van der Waals surface area contributed by atoms with Crippen LogP contribution in [-0.4, -0.2) is 78.0 Å². The standard InChI is InChI=1S/C26H33F2N7O3S/c1-19-15-21(29-25(16-19)34-11-7-26(27,28)8-12-34)22-18-35(32-30-22)23-6-5-20(31-39(37,38)14-13-36)17-24(23)33-9-3-2-4-10-33/h5-6,15-18,31,36H,2-4,7-14H2,1H3. The van der Waals surface area contributed by atoms with E-state index >= 15 is 0 Å². The van der Waals surface area contributed by atoms with Gasteiger partial charge in [0.15, 0.2) is 0 Å². The Morgan fingerprint density at radius 3 is 2.44 bits per heavy atom. The topological polar surface area (TPSA) is 116 Å². The van der Waals surface area contributed by atoms with Crippen molar-refractivity contribution >= 4 is 27.2 Å². The number of aromatic nitrogens is 4. The number of nitrogens with zero attached hydrogens (tertiary/aromatic N) is 6. The number of halogens is 2. The number of aliphatic hydroxyl groups is 1. The smallest absolute Gasteiger partial charge is 0.251 e. The minimum absolute atomic E-state index is 0.195. The number of hydrogen-bond acceptors (Lipinski definition) is 8. The van der Waals surface area contributed by atoms with Gasteiger partial charge in [-0.25, -0.2) is 26.9 Å². The Hall–Kier alpha value is -3.32. The van der Waals surface area contributed by atoms with Crippen molar-refractivity contribution in [2.24, 2.45) is 0 Å². The van der Waals surface area contributed by atoms with Crippen LogP contribution in [0, 0.1) is 6.92 Å². The van der Waals surface area contributed by atoms with E-state index in [2.05, 4.69) is 19.9 Å². The Kier molecular flexibility index (Phi) is 7.72. The van der Waals surface area contributed by atoms with E-state index < -0.39 is 22.6 Å². The fourth-order valence-electron chi connectivity index (χ4n) is 5.02. The van der Waals surface area contributed by atoms with E-state index in [1.54, 1.807) is 29.1 Å². The average molecular weight is 562 g/mol. The number of rotatable bonds is 8. The van der Waals surface area contributed by atoms with E-state index in [4.69, 9.17) is 10.1 Å². The van der Waals surface area contributed by atoms with Crippen LogP contribution in [0.2, 0.25) is 0 Å². The summed E-state index contributed by atoms with van der Waals surface area (Å²) in [6, 6.07) is 9.02. The van der Waals surface area contributed by atoms with Crippen LogP contribution in [0.1, 0.15) is 37.7 Å². The molecule has 3 aromatic rings. The first-order chi connectivity index (χ1) is 18.6. The van der Waals surface area contributed by atoms with Crippen molar-refractivity contribution in [3.8, 4) is 17.1 Å². The maximum atomic E-state index is 13.7. The van der Waals surface area contributed by atoms with E-state index in [-0.39, 0.29) is 31.7 Å². The molecule has 4 heterocycles. The largest absolute Gasteiger partial charge is 0.395 e. The molecule has 2 fully saturated rings. The molecular formula is C26H33F2N7O3S. The van der Waals surface area contributed by atoms with Gasteiger partial charge in [0.2, 0.25) is 10.0 Å². The third kappa shape index (κ3) is 6.47. The third-order valence-electron chi connectivity index (χ3n) is 7.08. The monoisotopic (exact) mass is 561 g/mol. The lowest BCUT2D eigenvalue weighted by molar-refractivity contribution is -0.0221. The lowest BCUT2D eigenvalue weighted by Crippen LogP contribution is -2.39. The molecule has 5 rings (SSSR count). The molecule has 0 amide bonds. The summed E-state index contributed by atoms with van der Waals surface area (Å²) in [5, 5.41) is 17.8. The molecule has 2 N–H and O–H groups in total. The predicted octanol–water partition coefficient (Wildman–Crippen LogP) is 3.60. The van der Waals surface area contributed by atoms with Crippen molar-refractivity contribution in [2.75, 3.05) is 53.1 Å². The second kappa shape index (κ2) is 11.0. The number of nitrogens with one attached hydrogen (secondary N) is 1. The molecule has 0 unspecified atom stereocenters. The molecule has 10 nitrogen and oxygen atoms in total. The van der Waals surface area contributed by atoms with Gasteiger partial charge in [0.05, 0.1) is 41.3 Å². The van der Waals surface area contributed by atoms with Crippen molar-refractivity contribution < 1.29 is 22.3 Å². The predicted molar refractivity (Wildman–Crippen MR) is 146 cm³/mol.